The van der Waals surface area contributed by atoms with Crippen molar-refractivity contribution < 1.29 is 0 Å². The van der Waals surface area contributed by atoms with Crippen LogP contribution in [-0.2, 0) is 0 Å². The molecule has 1 atom stereocenters. The number of allylic oxidation sites excluding steroid dienone is 8. The fourth-order valence-corrected chi connectivity index (χ4v) is 7.53. The predicted octanol–water partition coefficient (Wildman–Crippen LogP) is 11.1. The minimum atomic E-state index is 0.325. The van der Waals surface area contributed by atoms with Gasteiger partial charge in [0.2, 0.25) is 0 Å². The predicted molar refractivity (Wildman–Crippen MR) is 210 cm³/mol. The minimum Gasteiger partial charge on any atom is -0.341 e. The molecule has 52 heavy (non-hydrogen) atoms. The van der Waals surface area contributed by atoms with Crippen molar-refractivity contribution in [1.29, 1.82) is 15.8 Å². The Kier molecular flexibility index (Phi) is 8.21. The van der Waals surface area contributed by atoms with E-state index in [2.05, 4.69) is 126 Å². The molecule has 1 aromatic heterocycles. The van der Waals surface area contributed by atoms with Gasteiger partial charge in [-0.2, -0.15) is 15.8 Å². The number of rotatable bonds is 4. The second kappa shape index (κ2) is 13.3. The third kappa shape index (κ3) is 5.50. The van der Waals surface area contributed by atoms with Gasteiger partial charge in [0.05, 0.1) is 51.6 Å². The van der Waals surface area contributed by atoms with Crippen LogP contribution in [0, 0.1) is 39.9 Å². The number of hydrogen-bond acceptors (Lipinski definition) is 4. The first-order valence-corrected chi connectivity index (χ1v) is 17.3. The Morgan fingerprint density at radius 3 is 2.35 bits per heavy atom. The zero-order valence-corrected chi connectivity index (χ0v) is 28.7. The maximum Gasteiger partial charge on any atom is 0.0998 e. The molecule has 0 spiro atoms. The number of fused-ring (bicyclic) bond motifs is 3. The van der Waals surface area contributed by atoms with E-state index in [0.717, 1.165) is 73.1 Å². The van der Waals surface area contributed by atoms with Crippen LogP contribution in [0.25, 0.3) is 49.7 Å². The van der Waals surface area contributed by atoms with Gasteiger partial charge in [-0.1, -0.05) is 92.4 Å². The molecule has 0 radical (unpaired) electrons. The summed E-state index contributed by atoms with van der Waals surface area (Å²) >= 11 is 0. The first-order chi connectivity index (χ1) is 25.5. The van der Waals surface area contributed by atoms with E-state index in [9.17, 15) is 15.8 Å². The van der Waals surface area contributed by atoms with E-state index in [-0.39, 0.29) is 0 Å². The molecule has 1 unspecified atom stereocenters. The highest BCUT2D eigenvalue weighted by Gasteiger charge is 2.24. The number of nitrogens with zero attached hydrogens (tertiary/aromatic N) is 5. The Morgan fingerprint density at radius 2 is 1.52 bits per heavy atom. The molecule has 0 saturated carbocycles. The Morgan fingerprint density at radius 1 is 0.731 bits per heavy atom. The number of benzene rings is 5. The van der Waals surface area contributed by atoms with E-state index >= 15 is 0 Å². The Labute approximate surface area is 303 Å². The Balaban J connectivity index is 1.26. The van der Waals surface area contributed by atoms with Crippen molar-refractivity contribution in [2.24, 2.45) is 5.92 Å². The van der Waals surface area contributed by atoms with Crippen molar-refractivity contribution in [3.05, 3.63) is 180 Å². The van der Waals surface area contributed by atoms with Crippen molar-refractivity contribution in [2.75, 3.05) is 11.4 Å². The number of para-hydroxylation sites is 2. The Bertz CT molecular complexity index is 2710. The summed E-state index contributed by atoms with van der Waals surface area (Å²) in [5.41, 5.74) is 12.5. The van der Waals surface area contributed by atoms with Gasteiger partial charge in [0.15, 0.2) is 0 Å². The number of aromatic nitrogens is 1. The van der Waals surface area contributed by atoms with Gasteiger partial charge in [0.1, 0.15) is 0 Å². The molecule has 6 aromatic rings. The van der Waals surface area contributed by atoms with Crippen molar-refractivity contribution in [1.82, 2.24) is 4.57 Å². The molecule has 5 aromatic carbocycles. The molecule has 8 rings (SSSR count). The lowest BCUT2D eigenvalue weighted by molar-refractivity contribution is 0.679. The van der Waals surface area contributed by atoms with Crippen molar-refractivity contribution in [3.63, 3.8) is 0 Å². The lowest BCUT2D eigenvalue weighted by Crippen LogP contribution is -2.26. The van der Waals surface area contributed by atoms with E-state index in [0.29, 0.717) is 34.7 Å². The zero-order valence-electron chi connectivity index (χ0n) is 28.7. The monoisotopic (exact) mass is 667 g/mol. The Hall–Kier alpha value is -7.13. The van der Waals surface area contributed by atoms with Crippen molar-refractivity contribution >= 4 is 27.5 Å². The smallest absolute Gasteiger partial charge is 0.0998 e. The van der Waals surface area contributed by atoms with Gasteiger partial charge in [-0.05, 0) is 89.7 Å². The molecule has 5 nitrogen and oxygen atoms in total. The molecule has 0 bridgehead atoms. The molecule has 2 aliphatic rings. The summed E-state index contributed by atoms with van der Waals surface area (Å²) < 4.78 is 2.28. The fourth-order valence-electron chi connectivity index (χ4n) is 7.53. The number of anilines is 1. The molecule has 0 saturated heterocycles. The fraction of sp³-hybridized carbons (Fsp3) is 0.0851. The van der Waals surface area contributed by atoms with Crippen LogP contribution in [0.2, 0.25) is 0 Å². The van der Waals surface area contributed by atoms with Crippen LogP contribution in [0.15, 0.2) is 169 Å². The maximum atomic E-state index is 10.3. The summed E-state index contributed by atoms with van der Waals surface area (Å²) in [6, 6.07) is 44.1. The van der Waals surface area contributed by atoms with E-state index in [1.807, 2.05) is 54.6 Å². The first-order valence-electron chi connectivity index (χ1n) is 17.3. The van der Waals surface area contributed by atoms with Crippen molar-refractivity contribution in [2.45, 2.75) is 13.3 Å². The maximum absolute atomic E-state index is 10.3. The van der Waals surface area contributed by atoms with Crippen LogP contribution in [0.4, 0.5) is 5.69 Å². The average molecular weight is 668 g/mol. The largest absolute Gasteiger partial charge is 0.341 e. The number of hydrogen-bond donors (Lipinski definition) is 0. The van der Waals surface area contributed by atoms with Crippen LogP contribution in [0.3, 0.4) is 0 Å². The molecule has 1 aliphatic heterocycles. The normalized spacial score (nSPS) is 16.3. The molecule has 1 aliphatic carbocycles. The molecular formula is C47H33N5. The van der Waals surface area contributed by atoms with Crippen LogP contribution < -0.4 is 4.90 Å². The van der Waals surface area contributed by atoms with E-state index in [1.54, 1.807) is 0 Å². The lowest BCUT2D eigenvalue weighted by atomic mass is 9.88. The van der Waals surface area contributed by atoms with Crippen LogP contribution >= 0.6 is 0 Å². The zero-order chi connectivity index (χ0) is 35.8. The van der Waals surface area contributed by atoms with Gasteiger partial charge in [-0.15, -0.1) is 0 Å². The SMILES string of the molecule is C=C1C(C#N)=C/C=C\CN(c2ccc(C#N)c(-c3cccc(-c4ccccc4-n4c5ccccc5c5cc(C#N)ccc54)c3)c2)C2=C1C=CC(C)C2. The summed E-state index contributed by atoms with van der Waals surface area (Å²) in [4.78, 5) is 2.29. The van der Waals surface area contributed by atoms with Gasteiger partial charge in [0, 0.05) is 45.4 Å². The van der Waals surface area contributed by atoms with Gasteiger partial charge in [-0.25, -0.2) is 0 Å². The van der Waals surface area contributed by atoms with Crippen LogP contribution in [-0.4, -0.2) is 11.1 Å². The van der Waals surface area contributed by atoms with Crippen LogP contribution in [0.1, 0.15) is 24.5 Å². The van der Waals surface area contributed by atoms with Crippen LogP contribution in [0.5, 0.6) is 0 Å². The van der Waals surface area contributed by atoms with E-state index in [1.165, 1.54) is 0 Å². The molecular weight excluding hydrogens is 635 g/mol. The average Bonchev–Trinajstić information content (AvgIpc) is 3.54. The molecule has 246 valence electrons. The topological polar surface area (TPSA) is 79.5 Å². The van der Waals surface area contributed by atoms with Crippen molar-refractivity contribution in [3.8, 4) is 46.1 Å². The second-order valence-corrected chi connectivity index (χ2v) is 13.2. The first kappa shape index (κ1) is 32.1. The number of nitriles is 3. The summed E-state index contributed by atoms with van der Waals surface area (Å²) in [7, 11) is 0. The molecule has 5 heteroatoms. The minimum absolute atomic E-state index is 0.325. The van der Waals surface area contributed by atoms with Gasteiger partial charge in [0.25, 0.3) is 0 Å². The molecule has 0 fully saturated rings. The molecule has 2 heterocycles. The highest BCUT2D eigenvalue weighted by molar-refractivity contribution is 6.10. The quantitative estimate of drug-likeness (QED) is 0.187. The van der Waals surface area contributed by atoms with E-state index < -0.39 is 0 Å². The van der Waals surface area contributed by atoms with E-state index in [4.69, 9.17) is 0 Å². The summed E-state index contributed by atoms with van der Waals surface area (Å²) in [5.74, 6) is 0.325. The highest BCUT2D eigenvalue weighted by Crippen LogP contribution is 2.40. The third-order valence-electron chi connectivity index (χ3n) is 10.1. The van der Waals surface area contributed by atoms with Gasteiger partial charge in [-0.3, -0.25) is 0 Å². The highest BCUT2D eigenvalue weighted by atomic mass is 15.1. The standard InChI is InChI=1S/C47H33N5/c1-31-17-21-39-32(2)36(29-49)10-7-8-23-51(47(39)24-31)38-20-19-37(30-50)42(27-38)35-12-9-11-34(26-35)40-13-3-5-15-44(40)52-45-16-6-4-14-41(45)43-25-33(28-48)18-22-46(43)52/h3-22,25-27,31H,2,23-24H2,1H3/b8-7-,36-10?. The van der Waals surface area contributed by atoms with Gasteiger partial charge < -0.3 is 9.47 Å². The summed E-state index contributed by atoms with van der Waals surface area (Å²) in [6.07, 6.45) is 10.9. The summed E-state index contributed by atoms with van der Waals surface area (Å²) in [5, 5.41) is 32.0. The second-order valence-electron chi connectivity index (χ2n) is 13.2. The summed E-state index contributed by atoms with van der Waals surface area (Å²) in [6.45, 7) is 7.13. The molecule has 0 N–H and O–H groups in total. The third-order valence-corrected chi connectivity index (χ3v) is 10.1. The molecule has 0 amide bonds. The lowest BCUT2D eigenvalue weighted by Gasteiger charge is -2.32. The van der Waals surface area contributed by atoms with Gasteiger partial charge >= 0.3 is 0 Å².